The van der Waals surface area contributed by atoms with E-state index in [1.54, 1.807) is 0 Å². The fraction of sp³-hybridized carbons (Fsp3) is 0.348. The van der Waals surface area contributed by atoms with E-state index in [0.717, 1.165) is 6.42 Å². The summed E-state index contributed by atoms with van der Waals surface area (Å²) in [5.41, 5.74) is 8.49. The van der Waals surface area contributed by atoms with Crippen LogP contribution in [0.15, 0.2) is 42.5 Å². The first-order valence-corrected chi connectivity index (χ1v) is 15.6. The van der Waals surface area contributed by atoms with E-state index < -0.39 is 20.8 Å². The Balaban J connectivity index is 0.000000758. The van der Waals surface area contributed by atoms with Crippen LogP contribution in [0.4, 0.5) is 0 Å². The molecule has 3 rings (SSSR count). The molecule has 0 amide bonds. The summed E-state index contributed by atoms with van der Waals surface area (Å²) in [6, 6.07) is 16.4. The predicted molar refractivity (Wildman–Crippen MR) is 114 cm³/mol. The molecule has 0 aliphatic carbocycles. The SMILES string of the molecule is CCCc1cc2c(-c3cc(C)cc(C)c3)c(CCC)ccc2[cH-]1.[Cl][Zr][Cl]. The molecule has 0 radical (unpaired) electrons. The van der Waals surface area contributed by atoms with Crippen LogP contribution >= 0.6 is 17.0 Å². The topological polar surface area (TPSA) is 0 Å². The van der Waals surface area contributed by atoms with Crippen LogP contribution in [0.2, 0.25) is 0 Å². The van der Waals surface area contributed by atoms with Gasteiger partial charge in [0.1, 0.15) is 0 Å². The van der Waals surface area contributed by atoms with Gasteiger partial charge in [0.05, 0.1) is 0 Å². The number of hydrogen-bond donors (Lipinski definition) is 0. The van der Waals surface area contributed by atoms with Gasteiger partial charge in [-0.1, -0.05) is 67.1 Å². The fourth-order valence-electron chi connectivity index (χ4n) is 3.76. The second kappa shape index (κ2) is 10.7. The third kappa shape index (κ3) is 5.51. The van der Waals surface area contributed by atoms with Crippen LogP contribution in [0.25, 0.3) is 21.9 Å². The van der Waals surface area contributed by atoms with Crippen LogP contribution in [0, 0.1) is 13.8 Å². The van der Waals surface area contributed by atoms with E-state index in [1.807, 2.05) is 0 Å². The van der Waals surface area contributed by atoms with Gasteiger partial charge >= 0.3 is 37.9 Å². The van der Waals surface area contributed by atoms with Crippen LogP contribution in [-0.2, 0) is 33.7 Å². The summed E-state index contributed by atoms with van der Waals surface area (Å²) in [5, 5.41) is 2.83. The van der Waals surface area contributed by atoms with Crippen molar-refractivity contribution in [1.29, 1.82) is 0 Å². The average Bonchev–Trinajstić information content (AvgIpc) is 2.97. The van der Waals surface area contributed by atoms with E-state index in [4.69, 9.17) is 17.0 Å². The predicted octanol–water partition coefficient (Wildman–Crippen LogP) is 8.12. The molecule has 0 saturated carbocycles. The second-order valence-electron chi connectivity index (χ2n) is 6.91. The zero-order chi connectivity index (χ0) is 19.1. The summed E-state index contributed by atoms with van der Waals surface area (Å²) in [4.78, 5) is 0. The Bertz CT molecular complexity index is 829. The Kier molecular flexibility index (Phi) is 9.01. The zero-order valence-corrected chi connectivity index (χ0v) is 20.1. The Morgan fingerprint density at radius 1 is 0.885 bits per heavy atom. The second-order valence-corrected chi connectivity index (χ2v) is 10.6. The summed E-state index contributed by atoms with van der Waals surface area (Å²) < 4.78 is 0. The van der Waals surface area contributed by atoms with Crippen molar-refractivity contribution < 1.29 is 20.8 Å². The van der Waals surface area contributed by atoms with Crippen molar-refractivity contribution in [2.45, 2.75) is 53.4 Å². The summed E-state index contributed by atoms with van der Waals surface area (Å²) in [5.74, 6) is 0. The van der Waals surface area contributed by atoms with E-state index in [2.05, 4.69) is 70.2 Å². The van der Waals surface area contributed by atoms with Gasteiger partial charge in [-0.2, -0.15) is 6.07 Å². The van der Waals surface area contributed by atoms with Gasteiger partial charge in [-0.05, 0) is 32.3 Å². The molecule has 0 aliphatic heterocycles. The van der Waals surface area contributed by atoms with Crippen LogP contribution in [-0.4, -0.2) is 0 Å². The van der Waals surface area contributed by atoms with Crippen molar-refractivity contribution in [3.63, 3.8) is 0 Å². The molecular weight excluding hydrogens is 438 g/mol. The van der Waals surface area contributed by atoms with Crippen molar-refractivity contribution in [3.8, 4) is 11.1 Å². The molecule has 0 aliphatic rings. The first kappa shape index (κ1) is 21.8. The van der Waals surface area contributed by atoms with Crippen molar-refractivity contribution in [2.24, 2.45) is 0 Å². The number of rotatable bonds is 5. The number of fused-ring (bicyclic) bond motifs is 1. The molecule has 0 N–H and O–H groups in total. The van der Waals surface area contributed by atoms with Crippen molar-refractivity contribution in [1.82, 2.24) is 0 Å². The molecule has 0 aromatic heterocycles. The van der Waals surface area contributed by atoms with E-state index >= 15 is 0 Å². The average molecular weight is 466 g/mol. The third-order valence-corrected chi connectivity index (χ3v) is 4.60. The van der Waals surface area contributed by atoms with Crippen LogP contribution in [0.5, 0.6) is 0 Å². The molecule has 3 heteroatoms. The number of halogens is 2. The molecule has 0 bridgehead atoms. The number of hydrogen-bond acceptors (Lipinski definition) is 0. The Morgan fingerprint density at radius 3 is 2.08 bits per heavy atom. The van der Waals surface area contributed by atoms with Crippen molar-refractivity contribution >= 4 is 27.8 Å². The van der Waals surface area contributed by atoms with Crippen LogP contribution in [0.3, 0.4) is 0 Å². The molecule has 0 spiro atoms. The van der Waals surface area contributed by atoms with Gasteiger partial charge in [0.15, 0.2) is 0 Å². The van der Waals surface area contributed by atoms with Gasteiger partial charge in [-0.25, -0.2) is 0 Å². The van der Waals surface area contributed by atoms with Gasteiger partial charge in [0.25, 0.3) is 0 Å². The van der Waals surface area contributed by atoms with E-state index in [1.165, 1.54) is 63.4 Å². The van der Waals surface area contributed by atoms with Crippen molar-refractivity contribution in [2.75, 3.05) is 0 Å². The maximum absolute atomic E-state index is 4.93. The van der Waals surface area contributed by atoms with Crippen molar-refractivity contribution in [3.05, 3.63) is 64.7 Å². The summed E-state index contributed by atoms with van der Waals surface area (Å²) in [7, 11) is 9.87. The third-order valence-electron chi connectivity index (χ3n) is 4.60. The molecular formula is C23H27Cl2Zr-. The van der Waals surface area contributed by atoms with E-state index in [-0.39, 0.29) is 0 Å². The van der Waals surface area contributed by atoms with Gasteiger partial charge in [0.2, 0.25) is 0 Å². The molecule has 0 unspecified atom stereocenters. The number of aryl methyl sites for hydroxylation is 4. The molecule has 0 saturated heterocycles. The summed E-state index contributed by atoms with van der Waals surface area (Å²) in [6.07, 6.45) is 4.71. The van der Waals surface area contributed by atoms with Gasteiger partial charge in [-0.15, -0.1) is 34.5 Å². The number of benzene rings is 2. The van der Waals surface area contributed by atoms with E-state index in [0.29, 0.717) is 0 Å². The van der Waals surface area contributed by atoms with E-state index in [9.17, 15) is 0 Å². The molecule has 3 aromatic carbocycles. The van der Waals surface area contributed by atoms with Gasteiger partial charge in [0, 0.05) is 0 Å². The quantitative estimate of drug-likeness (QED) is 0.334. The van der Waals surface area contributed by atoms with Crippen LogP contribution < -0.4 is 0 Å². The van der Waals surface area contributed by atoms with Crippen LogP contribution in [0.1, 0.15) is 48.9 Å². The first-order valence-electron chi connectivity index (χ1n) is 9.30. The summed E-state index contributed by atoms with van der Waals surface area (Å²) >= 11 is -0.826. The molecule has 3 aromatic rings. The Morgan fingerprint density at radius 2 is 1.50 bits per heavy atom. The standard InChI is InChI=1S/C23H27.2ClH.Zr/c1-5-7-18-14-20-10-9-19(8-6-2)23(22(20)15-18)21-12-16(3)11-17(4)13-21;;;/h9-15H,5-8H2,1-4H3;2*1H;/q-1;;;+2/p-2. The maximum atomic E-state index is 4.93. The monoisotopic (exact) mass is 463 g/mol. The molecule has 0 atom stereocenters. The summed E-state index contributed by atoms with van der Waals surface area (Å²) in [6.45, 7) is 8.92. The Labute approximate surface area is 176 Å². The fourth-order valence-corrected chi connectivity index (χ4v) is 3.76. The first-order chi connectivity index (χ1) is 12.5. The normalized spacial score (nSPS) is 10.5. The minimum atomic E-state index is -0.826. The molecule has 0 heterocycles. The minimum absolute atomic E-state index is 0.826. The zero-order valence-electron chi connectivity index (χ0n) is 16.1. The molecule has 0 fully saturated rings. The van der Waals surface area contributed by atoms with Gasteiger partial charge < -0.3 is 0 Å². The molecule has 0 nitrogen and oxygen atoms in total. The molecule has 138 valence electrons. The molecule has 26 heavy (non-hydrogen) atoms. The van der Waals surface area contributed by atoms with Gasteiger partial charge in [-0.3, -0.25) is 0 Å². The Hall–Kier alpha value is -0.487.